The molecule has 1 saturated carbocycles. The Bertz CT molecular complexity index is 109. The van der Waals surface area contributed by atoms with Crippen molar-refractivity contribution < 1.29 is 9.84 Å². The van der Waals surface area contributed by atoms with Gasteiger partial charge in [0.1, 0.15) is 5.60 Å². The van der Waals surface area contributed by atoms with E-state index in [1.807, 2.05) is 0 Å². The summed E-state index contributed by atoms with van der Waals surface area (Å²) >= 11 is 0. The van der Waals surface area contributed by atoms with Gasteiger partial charge in [0.05, 0.1) is 12.7 Å². The highest BCUT2D eigenvalue weighted by Gasteiger charge is 2.58. The largest absolute Gasteiger partial charge is 0.393 e. The topological polar surface area (TPSA) is 32.8 Å². The third-order valence-electron chi connectivity index (χ3n) is 2.24. The molecule has 2 fully saturated rings. The Kier molecular flexibility index (Phi) is 0.746. The fourth-order valence-electron chi connectivity index (χ4n) is 1.60. The zero-order valence-corrected chi connectivity index (χ0v) is 4.76. The van der Waals surface area contributed by atoms with Crippen LogP contribution in [0, 0.1) is 0 Å². The van der Waals surface area contributed by atoms with Gasteiger partial charge in [-0.1, -0.05) is 0 Å². The summed E-state index contributed by atoms with van der Waals surface area (Å²) in [6.45, 7) is 0.234. The van der Waals surface area contributed by atoms with Crippen molar-refractivity contribution in [3.05, 3.63) is 0 Å². The molecule has 0 aromatic heterocycles. The van der Waals surface area contributed by atoms with Gasteiger partial charge in [-0.15, -0.1) is 0 Å². The first kappa shape index (κ1) is 4.77. The van der Waals surface area contributed by atoms with E-state index in [1.165, 1.54) is 12.8 Å². The fourth-order valence-corrected chi connectivity index (χ4v) is 1.60. The summed E-state index contributed by atoms with van der Waals surface area (Å²) in [7, 11) is 0. The Hall–Kier alpha value is -0.0800. The molecule has 2 nitrogen and oxygen atoms in total. The van der Waals surface area contributed by atoms with Gasteiger partial charge in [-0.05, 0) is 19.3 Å². The van der Waals surface area contributed by atoms with Crippen LogP contribution < -0.4 is 0 Å². The first-order valence-corrected chi connectivity index (χ1v) is 3.16. The smallest absolute Gasteiger partial charge is 0.118 e. The van der Waals surface area contributed by atoms with E-state index in [4.69, 9.17) is 9.84 Å². The van der Waals surface area contributed by atoms with Crippen molar-refractivity contribution in [3.8, 4) is 0 Å². The van der Waals surface area contributed by atoms with E-state index in [-0.39, 0.29) is 12.2 Å². The van der Waals surface area contributed by atoms with Crippen LogP contribution in [0.15, 0.2) is 0 Å². The van der Waals surface area contributed by atoms with E-state index in [9.17, 15) is 0 Å². The molecular weight excluding hydrogens is 104 g/mol. The standard InChI is InChI=1S/C6H10O2/c7-4-6-3-1-2-5(6)8-6/h5,7H,1-4H2. The number of epoxide rings is 1. The van der Waals surface area contributed by atoms with Gasteiger partial charge in [0.25, 0.3) is 0 Å². The van der Waals surface area contributed by atoms with Crippen LogP contribution >= 0.6 is 0 Å². The highest BCUT2D eigenvalue weighted by atomic mass is 16.6. The maximum absolute atomic E-state index is 8.74. The second-order valence-corrected chi connectivity index (χ2v) is 2.72. The third-order valence-corrected chi connectivity index (χ3v) is 2.24. The van der Waals surface area contributed by atoms with Gasteiger partial charge in [0, 0.05) is 0 Å². The lowest BCUT2D eigenvalue weighted by atomic mass is 10.1. The Morgan fingerprint density at radius 1 is 1.75 bits per heavy atom. The monoisotopic (exact) mass is 114 g/mol. The molecule has 0 spiro atoms. The van der Waals surface area contributed by atoms with Gasteiger partial charge in [0.15, 0.2) is 0 Å². The molecular formula is C6H10O2. The predicted molar refractivity (Wildman–Crippen MR) is 28.5 cm³/mol. The molecule has 1 aliphatic heterocycles. The molecule has 2 atom stereocenters. The van der Waals surface area contributed by atoms with E-state index >= 15 is 0 Å². The van der Waals surface area contributed by atoms with Gasteiger partial charge in [-0.25, -0.2) is 0 Å². The number of aliphatic hydroxyl groups excluding tert-OH is 1. The van der Waals surface area contributed by atoms with Crippen LogP contribution in [0.5, 0.6) is 0 Å². The summed E-state index contributed by atoms with van der Waals surface area (Å²) < 4.78 is 5.24. The molecule has 8 heavy (non-hydrogen) atoms. The molecule has 2 unspecified atom stereocenters. The summed E-state index contributed by atoms with van der Waals surface area (Å²) in [6, 6.07) is 0. The zero-order chi connectivity index (χ0) is 5.61. The normalized spacial score (nSPS) is 51.4. The summed E-state index contributed by atoms with van der Waals surface area (Å²) in [4.78, 5) is 0. The van der Waals surface area contributed by atoms with Crippen LogP contribution in [0.4, 0.5) is 0 Å². The van der Waals surface area contributed by atoms with Crippen molar-refractivity contribution >= 4 is 0 Å². The van der Waals surface area contributed by atoms with Crippen LogP contribution in [0.2, 0.25) is 0 Å². The molecule has 1 aliphatic carbocycles. The van der Waals surface area contributed by atoms with Crippen molar-refractivity contribution in [2.45, 2.75) is 31.0 Å². The first-order chi connectivity index (χ1) is 3.87. The summed E-state index contributed by atoms with van der Waals surface area (Å²) in [6.07, 6.45) is 3.91. The van der Waals surface area contributed by atoms with Crippen molar-refractivity contribution in [2.75, 3.05) is 6.61 Å². The van der Waals surface area contributed by atoms with Gasteiger partial charge in [-0.2, -0.15) is 0 Å². The number of aliphatic hydroxyl groups is 1. The molecule has 1 saturated heterocycles. The quantitative estimate of drug-likeness (QED) is 0.497. The highest BCUT2D eigenvalue weighted by molar-refractivity contribution is 5.06. The lowest BCUT2D eigenvalue weighted by molar-refractivity contribution is 0.157. The maximum Gasteiger partial charge on any atom is 0.118 e. The van der Waals surface area contributed by atoms with E-state index in [0.29, 0.717) is 6.10 Å². The molecule has 0 aromatic carbocycles. The minimum atomic E-state index is -0.0417. The SMILES string of the molecule is OCC12CCCC1O2. The van der Waals surface area contributed by atoms with Crippen molar-refractivity contribution in [1.29, 1.82) is 0 Å². The lowest BCUT2D eigenvalue weighted by Crippen LogP contribution is -2.14. The Morgan fingerprint density at radius 3 is 2.88 bits per heavy atom. The number of rotatable bonds is 1. The van der Waals surface area contributed by atoms with Gasteiger partial charge in [-0.3, -0.25) is 0 Å². The maximum atomic E-state index is 8.74. The Labute approximate surface area is 48.5 Å². The summed E-state index contributed by atoms with van der Waals surface area (Å²) in [5.74, 6) is 0. The minimum Gasteiger partial charge on any atom is -0.393 e. The van der Waals surface area contributed by atoms with Crippen LogP contribution in [0.3, 0.4) is 0 Å². The Balaban J connectivity index is 2.08. The molecule has 1 heterocycles. The van der Waals surface area contributed by atoms with Crippen LogP contribution in [-0.4, -0.2) is 23.4 Å². The van der Waals surface area contributed by atoms with E-state index in [2.05, 4.69) is 0 Å². The number of hydrogen-bond donors (Lipinski definition) is 1. The summed E-state index contributed by atoms with van der Waals surface area (Å²) in [5.41, 5.74) is -0.0417. The highest BCUT2D eigenvalue weighted by Crippen LogP contribution is 2.49. The molecule has 2 heteroatoms. The molecule has 2 rings (SSSR count). The van der Waals surface area contributed by atoms with Crippen LogP contribution in [-0.2, 0) is 4.74 Å². The lowest BCUT2D eigenvalue weighted by Gasteiger charge is -1.99. The average molecular weight is 114 g/mol. The Morgan fingerprint density at radius 2 is 2.62 bits per heavy atom. The van der Waals surface area contributed by atoms with E-state index in [0.717, 1.165) is 6.42 Å². The first-order valence-electron chi connectivity index (χ1n) is 3.16. The molecule has 46 valence electrons. The average Bonchev–Trinajstić information content (AvgIpc) is 2.38. The molecule has 0 bridgehead atoms. The minimum absolute atomic E-state index is 0.0417. The molecule has 2 aliphatic rings. The molecule has 0 amide bonds. The molecule has 0 aromatic rings. The van der Waals surface area contributed by atoms with Crippen molar-refractivity contribution in [2.24, 2.45) is 0 Å². The molecule has 1 N–H and O–H groups in total. The van der Waals surface area contributed by atoms with Gasteiger partial charge in [0.2, 0.25) is 0 Å². The number of fused-ring (bicyclic) bond motifs is 1. The van der Waals surface area contributed by atoms with Crippen LogP contribution in [0.1, 0.15) is 19.3 Å². The predicted octanol–water partition coefficient (Wildman–Crippen LogP) is 0.300. The van der Waals surface area contributed by atoms with E-state index < -0.39 is 0 Å². The third kappa shape index (κ3) is 0.400. The number of ether oxygens (including phenoxy) is 1. The summed E-state index contributed by atoms with van der Waals surface area (Å²) in [5, 5.41) is 8.74. The second kappa shape index (κ2) is 1.25. The van der Waals surface area contributed by atoms with E-state index in [1.54, 1.807) is 0 Å². The zero-order valence-electron chi connectivity index (χ0n) is 4.76. The van der Waals surface area contributed by atoms with Crippen molar-refractivity contribution in [1.82, 2.24) is 0 Å². The molecule has 0 radical (unpaired) electrons. The van der Waals surface area contributed by atoms with Gasteiger partial charge >= 0.3 is 0 Å². The number of hydrogen-bond acceptors (Lipinski definition) is 2. The second-order valence-electron chi connectivity index (χ2n) is 2.72. The van der Waals surface area contributed by atoms with Crippen molar-refractivity contribution in [3.63, 3.8) is 0 Å². The van der Waals surface area contributed by atoms with Crippen LogP contribution in [0.25, 0.3) is 0 Å². The van der Waals surface area contributed by atoms with Gasteiger partial charge < -0.3 is 9.84 Å². The fraction of sp³-hybridized carbons (Fsp3) is 1.00.